The maximum absolute atomic E-state index is 11.8. The predicted octanol–water partition coefficient (Wildman–Crippen LogP) is 2.31. The van der Waals surface area contributed by atoms with Crippen molar-refractivity contribution in [2.75, 3.05) is 31.2 Å². The van der Waals surface area contributed by atoms with E-state index in [4.69, 9.17) is 4.74 Å². The van der Waals surface area contributed by atoms with Crippen molar-refractivity contribution in [3.63, 3.8) is 0 Å². The van der Waals surface area contributed by atoms with Gasteiger partial charge in [0, 0.05) is 36.8 Å². The van der Waals surface area contributed by atoms with E-state index in [9.17, 15) is 4.79 Å². The summed E-state index contributed by atoms with van der Waals surface area (Å²) in [6, 6.07) is 8.29. The lowest BCUT2D eigenvalue weighted by molar-refractivity contribution is -0.116. The minimum absolute atomic E-state index is 0.116. The summed E-state index contributed by atoms with van der Waals surface area (Å²) in [5.74, 6) is -0.116. The van der Waals surface area contributed by atoms with Crippen LogP contribution in [0.2, 0.25) is 0 Å². The van der Waals surface area contributed by atoms with Crippen molar-refractivity contribution in [2.24, 2.45) is 0 Å². The van der Waals surface area contributed by atoms with Crippen molar-refractivity contribution >= 4 is 29.0 Å². The number of amides is 1. The summed E-state index contributed by atoms with van der Waals surface area (Å²) in [7, 11) is 0. The Labute approximate surface area is 139 Å². The Bertz CT molecular complexity index is 647. The van der Waals surface area contributed by atoms with Crippen LogP contribution in [0.1, 0.15) is 11.3 Å². The molecule has 0 spiro atoms. The molecule has 0 bridgehead atoms. The minimum atomic E-state index is -0.116. The Morgan fingerprint density at radius 3 is 2.78 bits per heavy atom. The number of morpholine rings is 1. The summed E-state index contributed by atoms with van der Waals surface area (Å²) >= 11 is 1.51. The number of thiazole rings is 1. The minimum Gasteiger partial charge on any atom is -0.378 e. The van der Waals surface area contributed by atoms with Gasteiger partial charge >= 0.3 is 0 Å². The number of nitrogens with one attached hydrogen (secondary N) is 1. The van der Waals surface area contributed by atoms with Crippen molar-refractivity contribution in [1.29, 1.82) is 0 Å². The fourth-order valence-corrected chi connectivity index (χ4v) is 2.88. The first-order valence-corrected chi connectivity index (χ1v) is 8.51. The van der Waals surface area contributed by atoms with Crippen LogP contribution in [0, 0.1) is 0 Å². The van der Waals surface area contributed by atoms with E-state index in [1.165, 1.54) is 23.1 Å². The van der Waals surface area contributed by atoms with E-state index < -0.39 is 0 Å². The molecule has 120 valence electrons. The molecule has 1 N–H and O–H groups in total. The molecule has 0 radical (unpaired) electrons. The Balaban J connectivity index is 1.49. The fraction of sp³-hybridized carbons (Fsp3) is 0.294. The molecule has 1 saturated heterocycles. The number of nitrogens with zero attached hydrogens (tertiary/aromatic N) is 2. The van der Waals surface area contributed by atoms with E-state index in [2.05, 4.69) is 39.5 Å². The number of rotatable bonds is 5. The number of benzene rings is 1. The number of aromatic nitrogens is 1. The summed E-state index contributed by atoms with van der Waals surface area (Å²) in [5, 5.41) is 4.77. The SMILES string of the molecule is O=C(/C=C/c1cscn1)NCc1ccc(N2CCOCC2)cc1. The maximum Gasteiger partial charge on any atom is 0.244 e. The Morgan fingerprint density at radius 2 is 2.09 bits per heavy atom. The molecule has 5 nitrogen and oxygen atoms in total. The van der Waals surface area contributed by atoms with Gasteiger partial charge in [0.25, 0.3) is 0 Å². The molecule has 2 aromatic rings. The predicted molar refractivity (Wildman–Crippen MR) is 92.5 cm³/mol. The molecular formula is C17H19N3O2S. The van der Waals surface area contributed by atoms with Gasteiger partial charge < -0.3 is 15.0 Å². The third-order valence-electron chi connectivity index (χ3n) is 3.64. The number of hydrogen-bond acceptors (Lipinski definition) is 5. The normalized spacial score (nSPS) is 15.0. The van der Waals surface area contributed by atoms with E-state index in [-0.39, 0.29) is 5.91 Å². The van der Waals surface area contributed by atoms with E-state index in [0.29, 0.717) is 6.54 Å². The molecule has 0 saturated carbocycles. The van der Waals surface area contributed by atoms with Crippen LogP contribution in [0.25, 0.3) is 6.08 Å². The van der Waals surface area contributed by atoms with Crippen LogP contribution in [-0.4, -0.2) is 37.2 Å². The molecule has 1 fully saturated rings. The molecule has 0 aliphatic carbocycles. The topological polar surface area (TPSA) is 54.5 Å². The summed E-state index contributed by atoms with van der Waals surface area (Å²) in [6.07, 6.45) is 3.23. The third kappa shape index (κ3) is 4.64. The molecule has 0 atom stereocenters. The quantitative estimate of drug-likeness (QED) is 0.855. The molecule has 0 unspecified atom stereocenters. The summed E-state index contributed by atoms with van der Waals surface area (Å²) in [5.41, 5.74) is 4.83. The van der Waals surface area contributed by atoms with Gasteiger partial charge in [0.1, 0.15) is 0 Å². The number of carbonyl (C=O) groups is 1. The fourth-order valence-electron chi connectivity index (χ4n) is 2.36. The number of carbonyl (C=O) groups excluding carboxylic acids is 1. The first kappa shape index (κ1) is 15.7. The molecular weight excluding hydrogens is 310 g/mol. The van der Waals surface area contributed by atoms with Crippen LogP contribution in [0.3, 0.4) is 0 Å². The van der Waals surface area contributed by atoms with Gasteiger partial charge in [0.2, 0.25) is 5.91 Å². The zero-order valence-corrected chi connectivity index (χ0v) is 13.6. The highest BCUT2D eigenvalue weighted by Crippen LogP contribution is 2.16. The molecule has 1 aromatic heterocycles. The standard InChI is InChI=1S/C17H19N3O2S/c21-17(6-3-15-12-23-13-19-15)18-11-14-1-4-16(5-2-14)20-7-9-22-10-8-20/h1-6,12-13H,7-11H2,(H,18,21)/b6-3+. The zero-order chi connectivity index (χ0) is 15.9. The molecule has 23 heavy (non-hydrogen) atoms. The monoisotopic (exact) mass is 329 g/mol. The first-order chi connectivity index (χ1) is 11.3. The lowest BCUT2D eigenvalue weighted by atomic mass is 10.2. The first-order valence-electron chi connectivity index (χ1n) is 7.57. The second-order valence-corrected chi connectivity index (χ2v) is 5.95. The lowest BCUT2D eigenvalue weighted by Gasteiger charge is -2.28. The van der Waals surface area contributed by atoms with Gasteiger partial charge in [0.05, 0.1) is 24.4 Å². The van der Waals surface area contributed by atoms with Crippen molar-refractivity contribution < 1.29 is 9.53 Å². The van der Waals surface area contributed by atoms with Gasteiger partial charge in [0.15, 0.2) is 0 Å². The van der Waals surface area contributed by atoms with E-state index in [1.807, 2.05) is 5.38 Å². The number of hydrogen-bond donors (Lipinski definition) is 1. The van der Waals surface area contributed by atoms with Crippen molar-refractivity contribution in [3.8, 4) is 0 Å². The third-order valence-corrected chi connectivity index (χ3v) is 4.24. The van der Waals surface area contributed by atoms with Gasteiger partial charge in [-0.1, -0.05) is 12.1 Å². The Kier molecular flexibility index (Phi) is 5.39. The summed E-state index contributed by atoms with van der Waals surface area (Å²) in [6.45, 7) is 3.94. The van der Waals surface area contributed by atoms with E-state index in [0.717, 1.165) is 37.6 Å². The molecule has 3 rings (SSSR count). The number of ether oxygens (including phenoxy) is 1. The van der Waals surface area contributed by atoms with E-state index >= 15 is 0 Å². The summed E-state index contributed by atoms with van der Waals surface area (Å²) in [4.78, 5) is 18.2. The highest BCUT2D eigenvalue weighted by atomic mass is 32.1. The van der Waals surface area contributed by atoms with Gasteiger partial charge in [-0.2, -0.15) is 0 Å². The van der Waals surface area contributed by atoms with Crippen LogP contribution >= 0.6 is 11.3 Å². The van der Waals surface area contributed by atoms with E-state index in [1.54, 1.807) is 11.6 Å². The number of anilines is 1. The molecule has 2 heterocycles. The smallest absolute Gasteiger partial charge is 0.244 e. The Morgan fingerprint density at radius 1 is 1.30 bits per heavy atom. The van der Waals surface area contributed by atoms with Crippen molar-refractivity contribution in [2.45, 2.75) is 6.54 Å². The van der Waals surface area contributed by atoms with Crippen LogP contribution in [-0.2, 0) is 16.1 Å². The van der Waals surface area contributed by atoms with Crippen LogP contribution in [0.4, 0.5) is 5.69 Å². The molecule has 1 aliphatic heterocycles. The van der Waals surface area contributed by atoms with Gasteiger partial charge in [-0.05, 0) is 23.8 Å². The zero-order valence-electron chi connectivity index (χ0n) is 12.8. The second kappa shape index (κ2) is 7.89. The van der Waals surface area contributed by atoms with Crippen molar-refractivity contribution in [3.05, 3.63) is 52.5 Å². The average Bonchev–Trinajstić information content (AvgIpc) is 3.13. The molecule has 1 amide bonds. The Hall–Kier alpha value is -2.18. The summed E-state index contributed by atoms with van der Waals surface area (Å²) < 4.78 is 5.36. The van der Waals surface area contributed by atoms with Gasteiger partial charge in [-0.3, -0.25) is 4.79 Å². The second-order valence-electron chi connectivity index (χ2n) is 5.23. The van der Waals surface area contributed by atoms with Crippen LogP contribution in [0.15, 0.2) is 41.2 Å². The highest BCUT2D eigenvalue weighted by molar-refractivity contribution is 7.07. The molecule has 6 heteroatoms. The van der Waals surface area contributed by atoms with Crippen LogP contribution < -0.4 is 10.2 Å². The van der Waals surface area contributed by atoms with Gasteiger partial charge in [-0.15, -0.1) is 11.3 Å². The van der Waals surface area contributed by atoms with Gasteiger partial charge in [-0.25, -0.2) is 4.98 Å². The molecule has 1 aromatic carbocycles. The maximum atomic E-state index is 11.8. The molecule has 1 aliphatic rings. The average molecular weight is 329 g/mol. The largest absolute Gasteiger partial charge is 0.378 e. The van der Waals surface area contributed by atoms with Crippen LogP contribution in [0.5, 0.6) is 0 Å². The van der Waals surface area contributed by atoms with Crippen molar-refractivity contribution in [1.82, 2.24) is 10.3 Å². The lowest BCUT2D eigenvalue weighted by Crippen LogP contribution is -2.36. The highest BCUT2D eigenvalue weighted by Gasteiger charge is 2.10.